The smallest absolute Gasteiger partial charge is 0.331 e. The lowest BCUT2D eigenvalue weighted by molar-refractivity contribution is -0.152. The first-order valence-corrected chi connectivity index (χ1v) is 11.6. The van der Waals surface area contributed by atoms with E-state index < -0.39 is 35.0 Å². The van der Waals surface area contributed by atoms with Crippen LogP contribution in [0.2, 0.25) is 0 Å². The van der Waals surface area contributed by atoms with Crippen molar-refractivity contribution in [3.05, 3.63) is 0 Å². The number of nitrogens with zero attached hydrogens (tertiary/aromatic N) is 6. The van der Waals surface area contributed by atoms with Gasteiger partial charge in [-0.2, -0.15) is 20.8 Å². The number of hydrogen-bond acceptors (Lipinski definition) is 12. The van der Waals surface area contributed by atoms with Crippen molar-refractivity contribution >= 4 is 23.9 Å². The summed E-state index contributed by atoms with van der Waals surface area (Å²) in [5.41, 5.74) is 0.932. The standard InChI is InChI=1S/C12H16N4O4.C4H8N4O4.2C3H8/c1-11(7-13,5-3-9(17)18)15-16-12(2,8-14)6-4-10(19)20;1-3(9)11-7-5-6-8-12-4(2)10;2*1-3-2/h3-6H2,1-2H3,(H,17,18)(H,19,20);1-2H3,(H,6,7)(H,5,8);2*3H2,1-2H3/b16-15+;;;. The Balaban J connectivity index is -0.000000271. The van der Waals surface area contributed by atoms with E-state index in [1.807, 2.05) is 23.3 Å². The predicted molar refractivity (Wildman–Crippen MR) is 133 cm³/mol. The zero-order valence-electron chi connectivity index (χ0n) is 23.3. The minimum atomic E-state index is -1.35. The Morgan fingerprint density at radius 1 is 0.737 bits per heavy atom. The molecule has 0 saturated carbocycles. The van der Waals surface area contributed by atoms with Crippen LogP contribution in [0.4, 0.5) is 0 Å². The van der Waals surface area contributed by atoms with Crippen molar-refractivity contribution in [2.24, 2.45) is 20.7 Å². The first-order chi connectivity index (χ1) is 17.6. The largest absolute Gasteiger partial charge is 0.481 e. The van der Waals surface area contributed by atoms with Crippen LogP contribution in [0.15, 0.2) is 20.7 Å². The number of carboxylic acids is 2. The Bertz CT molecular complexity index is 772. The Kier molecular flexibility index (Phi) is 27.7. The van der Waals surface area contributed by atoms with E-state index in [-0.39, 0.29) is 25.7 Å². The lowest BCUT2D eigenvalue weighted by atomic mass is 9.97. The van der Waals surface area contributed by atoms with Crippen LogP contribution in [0, 0.1) is 22.7 Å². The summed E-state index contributed by atoms with van der Waals surface area (Å²) in [5, 5.41) is 48.8. The van der Waals surface area contributed by atoms with Crippen molar-refractivity contribution in [1.29, 1.82) is 10.5 Å². The zero-order valence-corrected chi connectivity index (χ0v) is 23.3. The Morgan fingerprint density at radius 2 is 1.00 bits per heavy atom. The van der Waals surface area contributed by atoms with Gasteiger partial charge < -0.3 is 19.9 Å². The molecule has 0 heterocycles. The molecule has 4 N–H and O–H groups in total. The number of nitrogens with one attached hydrogen (secondary N) is 2. The second-order valence-electron chi connectivity index (χ2n) is 7.74. The lowest BCUT2D eigenvalue weighted by Crippen LogP contribution is -2.25. The first-order valence-electron chi connectivity index (χ1n) is 11.6. The van der Waals surface area contributed by atoms with Crippen LogP contribution in [0.1, 0.15) is 93.9 Å². The van der Waals surface area contributed by atoms with Crippen molar-refractivity contribution < 1.29 is 39.1 Å². The van der Waals surface area contributed by atoms with Crippen molar-refractivity contribution in [3.63, 3.8) is 0 Å². The van der Waals surface area contributed by atoms with Crippen LogP contribution in [-0.4, -0.2) is 45.2 Å². The second kappa shape index (κ2) is 25.7. The molecule has 0 aromatic heterocycles. The highest BCUT2D eigenvalue weighted by molar-refractivity contribution is 5.67. The number of hydrogen-bond donors (Lipinski definition) is 4. The third kappa shape index (κ3) is 33.8. The normalized spacial score (nSPS) is 12.6. The van der Waals surface area contributed by atoms with E-state index in [1.54, 1.807) is 0 Å². The van der Waals surface area contributed by atoms with Crippen LogP contribution >= 0.6 is 0 Å². The van der Waals surface area contributed by atoms with E-state index in [0.29, 0.717) is 0 Å². The third-order valence-corrected chi connectivity index (χ3v) is 3.13. The highest BCUT2D eigenvalue weighted by atomic mass is 16.7. The number of rotatable bonds is 12. The van der Waals surface area contributed by atoms with Gasteiger partial charge in [0.15, 0.2) is 11.1 Å². The van der Waals surface area contributed by atoms with Gasteiger partial charge in [-0.1, -0.05) is 40.5 Å². The van der Waals surface area contributed by atoms with E-state index in [0.717, 1.165) is 0 Å². The number of carbonyl (C=O) groups is 4. The fraction of sp³-hybridized carbons (Fsp3) is 0.727. The van der Waals surface area contributed by atoms with Crippen LogP contribution in [0.5, 0.6) is 0 Å². The molecule has 0 rings (SSSR count). The Labute approximate surface area is 223 Å². The first kappa shape index (κ1) is 40.8. The molecule has 2 unspecified atom stereocenters. The molecule has 0 saturated heterocycles. The fourth-order valence-corrected chi connectivity index (χ4v) is 1.39. The fourth-order valence-electron chi connectivity index (χ4n) is 1.39. The van der Waals surface area contributed by atoms with Gasteiger partial charge in [0.1, 0.15) is 0 Å². The molecule has 0 aliphatic heterocycles. The van der Waals surface area contributed by atoms with E-state index in [4.69, 9.17) is 20.7 Å². The van der Waals surface area contributed by atoms with Crippen LogP contribution in [0.3, 0.4) is 0 Å². The average Bonchev–Trinajstić information content (AvgIpc) is 2.83. The molecular formula is C22H40N8O8. The number of carboxylic acid groups (broad SMARTS) is 2. The van der Waals surface area contributed by atoms with Crippen molar-refractivity contribution in [1.82, 2.24) is 11.2 Å². The molecule has 0 spiro atoms. The van der Waals surface area contributed by atoms with Gasteiger partial charge >= 0.3 is 23.9 Å². The number of azo groups is 1. The molecule has 0 aromatic carbocycles. The minimum Gasteiger partial charge on any atom is -0.481 e. The summed E-state index contributed by atoms with van der Waals surface area (Å²) in [6, 6.07) is 3.69. The Morgan fingerprint density at radius 3 is 1.18 bits per heavy atom. The summed E-state index contributed by atoms with van der Waals surface area (Å²) in [4.78, 5) is 49.4. The van der Waals surface area contributed by atoms with Crippen LogP contribution < -0.4 is 11.2 Å². The maximum absolute atomic E-state index is 10.5. The van der Waals surface area contributed by atoms with E-state index >= 15 is 0 Å². The number of nitriles is 2. The molecule has 16 nitrogen and oxygen atoms in total. The maximum atomic E-state index is 10.5. The molecule has 216 valence electrons. The van der Waals surface area contributed by atoms with Crippen LogP contribution in [-0.2, 0) is 28.9 Å². The maximum Gasteiger partial charge on any atom is 0.331 e. The molecule has 0 bridgehead atoms. The van der Waals surface area contributed by atoms with Crippen LogP contribution in [0.25, 0.3) is 0 Å². The van der Waals surface area contributed by atoms with Gasteiger partial charge in [0, 0.05) is 26.7 Å². The molecule has 0 fully saturated rings. The van der Waals surface area contributed by atoms with E-state index in [2.05, 4.69) is 58.0 Å². The second-order valence-corrected chi connectivity index (χ2v) is 7.74. The molecular weight excluding hydrogens is 504 g/mol. The average molecular weight is 545 g/mol. The van der Waals surface area contributed by atoms with Gasteiger partial charge in [0.05, 0.1) is 12.1 Å². The van der Waals surface area contributed by atoms with Gasteiger partial charge in [0.25, 0.3) is 0 Å². The molecule has 0 amide bonds. The number of aliphatic carboxylic acids is 2. The quantitative estimate of drug-likeness (QED) is 0.201. The summed E-state index contributed by atoms with van der Waals surface area (Å²) in [6.45, 7) is 13.7. The minimum absolute atomic E-state index is 0.0389. The molecule has 38 heavy (non-hydrogen) atoms. The molecule has 16 heteroatoms. The van der Waals surface area contributed by atoms with Gasteiger partial charge in [-0.15, -0.1) is 11.2 Å². The molecule has 0 aliphatic rings. The van der Waals surface area contributed by atoms with Crippen molar-refractivity contribution in [2.45, 2.75) is 105 Å². The van der Waals surface area contributed by atoms with E-state index in [1.165, 1.54) is 40.5 Å². The zero-order chi connectivity index (χ0) is 30.6. The third-order valence-electron chi connectivity index (χ3n) is 3.13. The van der Waals surface area contributed by atoms with Gasteiger partial charge in [-0.05, 0) is 37.1 Å². The topological polar surface area (TPSA) is 248 Å². The van der Waals surface area contributed by atoms with Gasteiger partial charge in [-0.25, -0.2) is 9.59 Å². The molecule has 2 atom stereocenters. The Hall–Kier alpha value is -4.34. The molecule has 0 aliphatic carbocycles. The van der Waals surface area contributed by atoms with E-state index in [9.17, 15) is 19.2 Å². The predicted octanol–water partition coefficient (Wildman–Crippen LogP) is 3.97. The lowest BCUT2D eigenvalue weighted by Gasteiger charge is -2.18. The SMILES string of the molecule is CC(=O)ON/N=N/NOC(C)=O.CC(C#N)(CCC(=O)O)/N=N/C(C)(C#N)CCC(=O)O.CCC.CCC. The highest BCUT2D eigenvalue weighted by Crippen LogP contribution is 2.23. The van der Waals surface area contributed by atoms with Gasteiger partial charge in [0.2, 0.25) is 0 Å². The number of carbonyl (C=O) groups excluding carboxylic acids is 2. The van der Waals surface area contributed by atoms with Crippen molar-refractivity contribution in [3.8, 4) is 12.1 Å². The summed E-state index contributed by atoms with van der Waals surface area (Å²) in [5.74, 6) is -3.26. The summed E-state index contributed by atoms with van der Waals surface area (Å²) >= 11 is 0. The van der Waals surface area contributed by atoms with Gasteiger partial charge in [-0.3, -0.25) is 9.59 Å². The molecule has 0 aromatic rings. The monoisotopic (exact) mass is 544 g/mol. The molecule has 0 radical (unpaired) electrons. The highest BCUT2D eigenvalue weighted by Gasteiger charge is 2.29. The summed E-state index contributed by atoms with van der Waals surface area (Å²) in [6.07, 6.45) is 1.93. The summed E-state index contributed by atoms with van der Waals surface area (Å²) < 4.78 is 0. The van der Waals surface area contributed by atoms with Crippen molar-refractivity contribution in [2.75, 3.05) is 0 Å². The summed E-state index contributed by atoms with van der Waals surface area (Å²) in [7, 11) is 0.